The van der Waals surface area contributed by atoms with Crippen LogP contribution < -0.4 is 9.47 Å². The van der Waals surface area contributed by atoms with Crippen molar-refractivity contribution < 1.29 is 14.3 Å². The van der Waals surface area contributed by atoms with Crippen LogP contribution in [-0.2, 0) is 4.79 Å². The molecule has 114 valence electrons. The van der Waals surface area contributed by atoms with Crippen LogP contribution in [0.4, 0.5) is 0 Å². The van der Waals surface area contributed by atoms with Gasteiger partial charge in [-0.25, -0.2) is 4.98 Å². The summed E-state index contributed by atoms with van der Waals surface area (Å²) in [5.41, 5.74) is 1.00. The number of carbonyl (C=O) groups is 1. The number of methoxy groups -OCH3 is 1. The van der Waals surface area contributed by atoms with Gasteiger partial charge in [-0.2, -0.15) is 4.98 Å². The summed E-state index contributed by atoms with van der Waals surface area (Å²) >= 11 is 0. The van der Waals surface area contributed by atoms with Crippen LogP contribution in [0.5, 0.6) is 11.9 Å². The zero-order valence-corrected chi connectivity index (χ0v) is 12.7. The molecule has 0 aromatic carbocycles. The van der Waals surface area contributed by atoms with Gasteiger partial charge in [-0.3, -0.25) is 4.79 Å². The van der Waals surface area contributed by atoms with E-state index in [4.69, 9.17) is 9.47 Å². The Labute approximate surface area is 124 Å². The number of rotatable bonds is 4. The van der Waals surface area contributed by atoms with Gasteiger partial charge in [0, 0.05) is 24.9 Å². The molecule has 1 unspecified atom stereocenters. The van der Waals surface area contributed by atoms with Crippen LogP contribution in [0.25, 0.3) is 0 Å². The summed E-state index contributed by atoms with van der Waals surface area (Å²) in [5.74, 6) is 0.520. The van der Waals surface area contributed by atoms with Crippen molar-refractivity contribution >= 4 is 5.91 Å². The Morgan fingerprint density at radius 2 is 2.29 bits per heavy atom. The van der Waals surface area contributed by atoms with Crippen LogP contribution in [0.15, 0.2) is 23.9 Å². The molecule has 0 N–H and O–H groups in total. The van der Waals surface area contributed by atoms with Crippen LogP contribution in [-0.4, -0.2) is 47.1 Å². The summed E-state index contributed by atoms with van der Waals surface area (Å²) < 4.78 is 10.8. The first kappa shape index (κ1) is 15.3. The van der Waals surface area contributed by atoms with Crippen LogP contribution in [0, 0.1) is 0 Å². The summed E-state index contributed by atoms with van der Waals surface area (Å²) in [5, 5.41) is 0. The number of carbonyl (C=O) groups excluding carboxylic acids is 1. The van der Waals surface area contributed by atoms with E-state index in [-0.39, 0.29) is 18.0 Å². The Bertz CT molecular complexity index is 527. The number of hydrogen-bond donors (Lipinski definition) is 0. The molecule has 0 radical (unpaired) electrons. The molecule has 0 aliphatic carbocycles. The van der Waals surface area contributed by atoms with Crippen molar-refractivity contribution in [3.05, 3.63) is 23.9 Å². The first-order chi connectivity index (χ1) is 10.1. The van der Waals surface area contributed by atoms with Crippen LogP contribution >= 0.6 is 0 Å². The van der Waals surface area contributed by atoms with Crippen molar-refractivity contribution in [2.45, 2.75) is 32.8 Å². The molecule has 1 aliphatic rings. The van der Waals surface area contributed by atoms with Crippen LogP contribution in [0.2, 0.25) is 0 Å². The lowest BCUT2D eigenvalue weighted by Crippen LogP contribution is -2.43. The molecule has 0 bridgehead atoms. The van der Waals surface area contributed by atoms with Crippen LogP contribution in [0.3, 0.4) is 0 Å². The predicted octanol–water partition coefficient (Wildman–Crippen LogP) is 1.82. The van der Waals surface area contributed by atoms with E-state index in [2.05, 4.69) is 9.97 Å². The summed E-state index contributed by atoms with van der Waals surface area (Å²) in [6.45, 7) is 5.19. The first-order valence-electron chi connectivity index (χ1n) is 7.06. The highest BCUT2D eigenvalue weighted by Gasteiger charge is 2.24. The fraction of sp³-hybridized carbons (Fsp3) is 0.533. The molecule has 2 rings (SSSR count). The minimum absolute atomic E-state index is 0.0450. The normalized spacial score (nSPS) is 18.0. The number of likely N-dealkylation sites (tertiary alicyclic amines) is 1. The lowest BCUT2D eigenvalue weighted by Gasteiger charge is -2.32. The molecule has 1 saturated heterocycles. The molecule has 0 saturated carbocycles. The average Bonchev–Trinajstić information content (AvgIpc) is 2.47. The highest BCUT2D eigenvalue weighted by Crippen LogP contribution is 2.18. The standard InChI is InChI=1S/C15H21N3O3/c1-11(2)9-14(19)18-8-4-5-12(10-18)21-13-6-7-16-15(17-13)20-3/h6-7,9,12H,4-5,8,10H2,1-3H3. The van der Waals surface area contributed by atoms with Crippen molar-refractivity contribution in [1.82, 2.24) is 14.9 Å². The predicted molar refractivity (Wildman–Crippen MR) is 78.2 cm³/mol. The third kappa shape index (κ3) is 4.44. The number of aromatic nitrogens is 2. The van der Waals surface area contributed by atoms with E-state index in [9.17, 15) is 4.79 Å². The van der Waals surface area contributed by atoms with Crippen molar-refractivity contribution in [2.24, 2.45) is 0 Å². The van der Waals surface area contributed by atoms with E-state index in [1.54, 1.807) is 18.3 Å². The molecule has 21 heavy (non-hydrogen) atoms. The molecule has 0 spiro atoms. The Hall–Kier alpha value is -2.11. The monoisotopic (exact) mass is 291 g/mol. The average molecular weight is 291 g/mol. The van der Waals surface area contributed by atoms with Gasteiger partial charge < -0.3 is 14.4 Å². The number of nitrogens with zero attached hydrogens (tertiary/aromatic N) is 3. The molecule has 1 amide bonds. The maximum absolute atomic E-state index is 12.1. The second kappa shape index (κ2) is 7.06. The molecular formula is C15H21N3O3. The SMILES string of the molecule is COc1nccc(OC2CCCN(C(=O)C=C(C)C)C2)n1. The van der Waals surface area contributed by atoms with Crippen molar-refractivity contribution in [1.29, 1.82) is 0 Å². The fourth-order valence-corrected chi connectivity index (χ4v) is 2.23. The highest BCUT2D eigenvalue weighted by molar-refractivity contribution is 5.88. The zero-order chi connectivity index (χ0) is 15.2. The smallest absolute Gasteiger partial charge is 0.319 e. The molecule has 1 atom stereocenters. The maximum Gasteiger partial charge on any atom is 0.319 e. The molecule has 2 heterocycles. The largest absolute Gasteiger partial charge is 0.472 e. The fourth-order valence-electron chi connectivity index (χ4n) is 2.23. The number of piperidine rings is 1. The van der Waals surface area contributed by atoms with Crippen LogP contribution in [0.1, 0.15) is 26.7 Å². The van der Waals surface area contributed by atoms with Crippen molar-refractivity contribution in [3.8, 4) is 11.9 Å². The maximum atomic E-state index is 12.1. The molecule has 6 nitrogen and oxygen atoms in total. The van der Waals surface area contributed by atoms with Gasteiger partial charge in [-0.1, -0.05) is 5.57 Å². The molecular weight excluding hydrogens is 270 g/mol. The van der Waals surface area contributed by atoms with E-state index < -0.39 is 0 Å². The number of ether oxygens (including phenoxy) is 2. The van der Waals surface area contributed by atoms with Gasteiger partial charge in [0.15, 0.2) is 0 Å². The summed E-state index contributed by atoms with van der Waals surface area (Å²) in [7, 11) is 1.51. The third-order valence-corrected chi connectivity index (χ3v) is 3.18. The van der Waals surface area contributed by atoms with Gasteiger partial charge in [-0.15, -0.1) is 0 Å². The zero-order valence-electron chi connectivity index (χ0n) is 12.7. The third-order valence-electron chi connectivity index (χ3n) is 3.18. The van der Waals surface area contributed by atoms with E-state index in [1.165, 1.54) is 7.11 Å². The lowest BCUT2D eigenvalue weighted by atomic mass is 10.1. The Balaban J connectivity index is 1.97. The van der Waals surface area contributed by atoms with Gasteiger partial charge in [0.1, 0.15) is 6.10 Å². The first-order valence-corrected chi connectivity index (χ1v) is 7.06. The molecule has 1 fully saturated rings. The number of hydrogen-bond acceptors (Lipinski definition) is 5. The quantitative estimate of drug-likeness (QED) is 0.792. The van der Waals surface area contributed by atoms with E-state index in [1.807, 2.05) is 18.7 Å². The Morgan fingerprint density at radius 3 is 3.00 bits per heavy atom. The topological polar surface area (TPSA) is 64.6 Å². The minimum Gasteiger partial charge on any atom is -0.472 e. The highest BCUT2D eigenvalue weighted by atomic mass is 16.5. The summed E-state index contributed by atoms with van der Waals surface area (Å²) in [6.07, 6.45) is 5.04. The molecule has 1 aromatic heterocycles. The van der Waals surface area contributed by atoms with Gasteiger partial charge in [0.2, 0.25) is 11.8 Å². The van der Waals surface area contributed by atoms with E-state index >= 15 is 0 Å². The molecule has 1 aliphatic heterocycles. The van der Waals surface area contributed by atoms with E-state index in [0.717, 1.165) is 25.0 Å². The van der Waals surface area contributed by atoms with Gasteiger partial charge >= 0.3 is 6.01 Å². The van der Waals surface area contributed by atoms with Crippen molar-refractivity contribution in [3.63, 3.8) is 0 Å². The molecule has 1 aromatic rings. The molecule has 6 heteroatoms. The second-order valence-corrected chi connectivity index (χ2v) is 5.27. The van der Waals surface area contributed by atoms with Gasteiger partial charge in [0.25, 0.3) is 0 Å². The van der Waals surface area contributed by atoms with Crippen molar-refractivity contribution in [2.75, 3.05) is 20.2 Å². The lowest BCUT2D eigenvalue weighted by molar-refractivity contribution is -0.128. The Morgan fingerprint density at radius 1 is 1.48 bits per heavy atom. The summed E-state index contributed by atoms with van der Waals surface area (Å²) in [4.78, 5) is 21.9. The van der Waals surface area contributed by atoms with E-state index in [0.29, 0.717) is 12.4 Å². The van der Waals surface area contributed by atoms with Gasteiger partial charge in [0.05, 0.1) is 13.7 Å². The minimum atomic E-state index is -0.0483. The number of allylic oxidation sites excluding steroid dienone is 1. The number of amides is 1. The summed E-state index contributed by atoms with van der Waals surface area (Å²) in [6, 6.07) is 1.97. The Kier molecular flexibility index (Phi) is 5.14. The second-order valence-electron chi connectivity index (χ2n) is 5.27. The van der Waals surface area contributed by atoms with Gasteiger partial charge in [-0.05, 0) is 26.7 Å².